The Kier molecular flexibility index (Phi) is 4.22. The number of benzene rings is 1. The van der Waals surface area contributed by atoms with Crippen LogP contribution in [-0.4, -0.2) is 41.5 Å². The van der Waals surface area contributed by atoms with Gasteiger partial charge in [0.1, 0.15) is 6.17 Å². The molecule has 0 amide bonds. The van der Waals surface area contributed by atoms with Crippen LogP contribution in [0.25, 0.3) is 0 Å². The molecular formula is C18H23FN4O. The smallest absolute Gasteiger partial charge is 0.318 e. The molecule has 2 fully saturated rings. The molecule has 0 radical (unpaired) electrons. The topological polar surface area (TPSA) is 54.2 Å². The van der Waals surface area contributed by atoms with Gasteiger partial charge in [-0.3, -0.25) is 0 Å². The normalized spacial score (nSPS) is 29.7. The third-order valence-electron chi connectivity index (χ3n) is 5.18. The zero-order valence-corrected chi connectivity index (χ0v) is 13.9. The zero-order valence-electron chi connectivity index (χ0n) is 13.9. The van der Waals surface area contributed by atoms with Crippen molar-refractivity contribution in [3.8, 4) is 0 Å². The molecule has 2 aromatic rings. The van der Waals surface area contributed by atoms with Crippen LogP contribution in [-0.2, 0) is 0 Å². The van der Waals surface area contributed by atoms with Crippen LogP contribution in [0, 0.1) is 6.92 Å². The lowest BCUT2D eigenvalue weighted by molar-refractivity contribution is 0.282. The standard InChI is InChI=1S/C18H23FN4O/c1-12-21-22-18(24-12)23-11-15(19)9-17(23)10-20-16-7-14(8-16)13-5-3-2-4-6-13/h2-6,14-17,20H,7-11H2,1H3/t14?,15-,16?,17-/m0/s1. The van der Waals surface area contributed by atoms with Gasteiger partial charge in [-0.2, -0.15) is 0 Å². The van der Waals surface area contributed by atoms with Gasteiger partial charge in [-0.15, -0.1) is 5.10 Å². The Bertz CT molecular complexity index is 671. The second kappa shape index (κ2) is 6.51. The lowest BCUT2D eigenvalue weighted by Gasteiger charge is -2.37. The lowest BCUT2D eigenvalue weighted by atomic mass is 9.76. The first-order valence-corrected chi connectivity index (χ1v) is 8.68. The Morgan fingerprint density at radius 1 is 1.21 bits per heavy atom. The van der Waals surface area contributed by atoms with Gasteiger partial charge in [-0.05, 0) is 24.3 Å². The zero-order chi connectivity index (χ0) is 16.5. The number of rotatable bonds is 5. The molecular weight excluding hydrogens is 307 g/mol. The fourth-order valence-electron chi connectivity index (χ4n) is 3.77. The van der Waals surface area contributed by atoms with Crippen LogP contribution in [0.1, 0.15) is 36.6 Å². The Labute approximate surface area is 141 Å². The maximum Gasteiger partial charge on any atom is 0.318 e. The second-order valence-corrected chi connectivity index (χ2v) is 6.93. The van der Waals surface area contributed by atoms with Gasteiger partial charge >= 0.3 is 6.01 Å². The molecule has 2 atom stereocenters. The highest BCUT2D eigenvalue weighted by Gasteiger charge is 2.36. The van der Waals surface area contributed by atoms with Gasteiger partial charge in [0.25, 0.3) is 0 Å². The molecule has 1 N–H and O–H groups in total. The van der Waals surface area contributed by atoms with Crippen molar-refractivity contribution in [2.75, 3.05) is 18.0 Å². The van der Waals surface area contributed by atoms with E-state index in [4.69, 9.17) is 4.42 Å². The van der Waals surface area contributed by atoms with Crippen LogP contribution >= 0.6 is 0 Å². The predicted molar refractivity (Wildman–Crippen MR) is 89.9 cm³/mol. The molecule has 0 bridgehead atoms. The third-order valence-corrected chi connectivity index (χ3v) is 5.18. The first kappa shape index (κ1) is 15.6. The molecule has 0 spiro atoms. The Morgan fingerprint density at radius 3 is 2.71 bits per heavy atom. The first-order chi connectivity index (χ1) is 11.7. The van der Waals surface area contributed by atoms with E-state index >= 15 is 0 Å². The fourth-order valence-corrected chi connectivity index (χ4v) is 3.77. The van der Waals surface area contributed by atoms with Gasteiger partial charge in [0, 0.05) is 32.0 Å². The molecule has 1 aromatic carbocycles. The lowest BCUT2D eigenvalue weighted by Crippen LogP contribution is -2.46. The van der Waals surface area contributed by atoms with Crippen molar-refractivity contribution >= 4 is 6.01 Å². The van der Waals surface area contributed by atoms with E-state index in [1.165, 1.54) is 5.56 Å². The average molecular weight is 330 g/mol. The molecule has 0 unspecified atom stereocenters. The minimum atomic E-state index is -0.831. The summed E-state index contributed by atoms with van der Waals surface area (Å²) in [7, 11) is 0. The van der Waals surface area contributed by atoms with Crippen LogP contribution in [0.15, 0.2) is 34.7 Å². The largest absolute Gasteiger partial charge is 0.408 e. The highest BCUT2D eigenvalue weighted by Crippen LogP contribution is 2.37. The summed E-state index contributed by atoms with van der Waals surface area (Å²) in [5.41, 5.74) is 1.42. The molecule has 1 aromatic heterocycles. The van der Waals surface area contributed by atoms with E-state index in [2.05, 4.69) is 45.8 Å². The Balaban J connectivity index is 1.30. The monoisotopic (exact) mass is 330 g/mol. The average Bonchev–Trinajstić information content (AvgIpc) is 3.12. The third kappa shape index (κ3) is 3.15. The summed E-state index contributed by atoms with van der Waals surface area (Å²) in [4.78, 5) is 1.91. The molecule has 1 aliphatic heterocycles. The highest BCUT2D eigenvalue weighted by atomic mass is 19.1. The maximum atomic E-state index is 13.9. The summed E-state index contributed by atoms with van der Waals surface area (Å²) in [6, 6.07) is 11.7. The number of aryl methyl sites for hydroxylation is 1. The van der Waals surface area contributed by atoms with Gasteiger partial charge in [0.2, 0.25) is 5.89 Å². The van der Waals surface area contributed by atoms with Gasteiger partial charge in [0.05, 0.1) is 6.54 Å². The SMILES string of the molecule is Cc1nnc(N2C[C@@H](F)C[C@H]2CNC2CC(c3ccccc3)C2)o1. The summed E-state index contributed by atoms with van der Waals surface area (Å²) in [5.74, 6) is 1.17. The molecule has 1 saturated heterocycles. The molecule has 1 saturated carbocycles. The van der Waals surface area contributed by atoms with E-state index < -0.39 is 6.17 Å². The number of hydrogen-bond donors (Lipinski definition) is 1. The van der Waals surface area contributed by atoms with E-state index in [-0.39, 0.29) is 6.04 Å². The molecule has 128 valence electrons. The van der Waals surface area contributed by atoms with Crippen molar-refractivity contribution in [1.29, 1.82) is 0 Å². The minimum absolute atomic E-state index is 0.0793. The van der Waals surface area contributed by atoms with Crippen LogP contribution < -0.4 is 10.2 Å². The van der Waals surface area contributed by atoms with E-state index in [0.717, 1.165) is 19.4 Å². The van der Waals surface area contributed by atoms with E-state index in [0.29, 0.717) is 36.8 Å². The van der Waals surface area contributed by atoms with Gasteiger partial charge in [0.15, 0.2) is 0 Å². The Morgan fingerprint density at radius 2 is 2.00 bits per heavy atom. The summed E-state index contributed by atoms with van der Waals surface area (Å²) in [5, 5.41) is 11.5. The molecule has 2 heterocycles. The van der Waals surface area contributed by atoms with Crippen molar-refractivity contribution in [3.63, 3.8) is 0 Å². The summed E-state index contributed by atoms with van der Waals surface area (Å²) < 4.78 is 19.3. The Hall–Kier alpha value is -1.95. The van der Waals surface area contributed by atoms with Crippen molar-refractivity contribution in [2.45, 2.75) is 50.4 Å². The maximum absolute atomic E-state index is 13.9. The molecule has 1 aliphatic carbocycles. The van der Waals surface area contributed by atoms with Crippen molar-refractivity contribution in [3.05, 3.63) is 41.8 Å². The van der Waals surface area contributed by atoms with Gasteiger partial charge in [-0.1, -0.05) is 35.4 Å². The van der Waals surface area contributed by atoms with Crippen LogP contribution in [0.5, 0.6) is 0 Å². The number of nitrogens with zero attached hydrogens (tertiary/aromatic N) is 3. The van der Waals surface area contributed by atoms with Crippen LogP contribution in [0.4, 0.5) is 10.4 Å². The van der Waals surface area contributed by atoms with Crippen molar-refractivity contribution in [2.24, 2.45) is 0 Å². The van der Waals surface area contributed by atoms with E-state index in [1.54, 1.807) is 6.92 Å². The molecule has 2 aliphatic rings. The highest BCUT2D eigenvalue weighted by molar-refractivity contribution is 5.30. The number of hydrogen-bond acceptors (Lipinski definition) is 5. The van der Waals surface area contributed by atoms with Crippen LogP contribution in [0.2, 0.25) is 0 Å². The van der Waals surface area contributed by atoms with Gasteiger partial charge < -0.3 is 14.6 Å². The number of anilines is 1. The van der Waals surface area contributed by atoms with Crippen molar-refractivity contribution in [1.82, 2.24) is 15.5 Å². The molecule has 5 nitrogen and oxygen atoms in total. The molecule has 24 heavy (non-hydrogen) atoms. The summed E-state index contributed by atoms with van der Waals surface area (Å²) in [6.45, 7) is 2.85. The van der Waals surface area contributed by atoms with Gasteiger partial charge in [-0.25, -0.2) is 4.39 Å². The number of alkyl halides is 1. The first-order valence-electron chi connectivity index (χ1n) is 8.68. The fraction of sp³-hybridized carbons (Fsp3) is 0.556. The van der Waals surface area contributed by atoms with Crippen molar-refractivity contribution < 1.29 is 8.81 Å². The number of halogens is 1. The number of aromatic nitrogens is 2. The molecule has 6 heteroatoms. The number of nitrogens with one attached hydrogen (secondary N) is 1. The quantitative estimate of drug-likeness (QED) is 0.913. The van der Waals surface area contributed by atoms with E-state index in [9.17, 15) is 4.39 Å². The predicted octanol–water partition coefficient (Wildman–Crippen LogP) is 2.83. The summed E-state index contributed by atoms with van der Waals surface area (Å²) in [6.07, 6.45) is 1.98. The second-order valence-electron chi connectivity index (χ2n) is 6.93. The summed E-state index contributed by atoms with van der Waals surface area (Å²) >= 11 is 0. The van der Waals surface area contributed by atoms with Crippen LogP contribution in [0.3, 0.4) is 0 Å². The van der Waals surface area contributed by atoms with E-state index in [1.807, 2.05) is 4.90 Å². The molecule has 4 rings (SSSR count). The minimum Gasteiger partial charge on any atom is -0.408 e.